The Morgan fingerprint density at radius 2 is 1.89 bits per heavy atom. The molecule has 2 aliphatic rings. The number of aliphatic imine (C=N–C) groups is 1. The highest BCUT2D eigenvalue weighted by Crippen LogP contribution is 2.16. The fourth-order valence-electron chi connectivity index (χ4n) is 3.62. The van der Waals surface area contributed by atoms with Crippen molar-refractivity contribution < 1.29 is 9.59 Å². The summed E-state index contributed by atoms with van der Waals surface area (Å²) in [4.78, 5) is 36.3. The third-order valence-electron chi connectivity index (χ3n) is 5.26. The van der Waals surface area contributed by atoms with Gasteiger partial charge in [0.15, 0.2) is 5.96 Å². The van der Waals surface area contributed by atoms with E-state index in [9.17, 15) is 9.59 Å². The summed E-state index contributed by atoms with van der Waals surface area (Å²) in [6.45, 7) is 8.24. The van der Waals surface area contributed by atoms with E-state index in [-0.39, 0.29) is 11.8 Å². The van der Waals surface area contributed by atoms with Crippen LogP contribution in [0, 0.1) is 0 Å². The van der Waals surface area contributed by atoms with Gasteiger partial charge in [-0.3, -0.25) is 24.2 Å². The van der Waals surface area contributed by atoms with Crippen molar-refractivity contribution in [3.8, 4) is 0 Å². The maximum absolute atomic E-state index is 12.6. The van der Waals surface area contributed by atoms with E-state index in [1.807, 2.05) is 23.0 Å². The van der Waals surface area contributed by atoms with Crippen LogP contribution in [0.4, 0.5) is 5.69 Å². The molecule has 1 aromatic rings. The van der Waals surface area contributed by atoms with E-state index in [2.05, 4.69) is 20.3 Å². The second kappa shape index (κ2) is 9.05. The molecule has 2 aliphatic heterocycles. The molecule has 2 fully saturated rings. The third kappa shape index (κ3) is 4.80. The minimum atomic E-state index is 0.0440. The maximum Gasteiger partial charge on any atom is 0.246 e. The fraction of sp³-hybridized carbons (Fsp3) is 0.667. The summed E-state index contributed by atoms with van der Waals surface area (Å²) in [5, 5.41) is 7.51. The number of nitrogens with one attached hydrogen (secondary N) is 1. The highest BCUT2D eigenvalue weighted by Gasteiger charge is 2.27. The molecule has 2 amide bonds. The average molecular weight is 390 g/mol. The number of rotatable bonds is 4. The van der Waals surface area contributed by atoms with Crippen molar-refractivity contribution in [3.63, 3.8) is 0 Å². The number of aryl methyl sites for hydroxylation is 1. The van der Waals surface area contributed by atoms with Crippen LogP contribution in [0.5, 0.6) is 0 Å². The molecule has 0 atom stereocenters. The summed E-state index contributed by atoms with van der Waals surface area (Å²) in [6.07, 6.45) is 3.57. The lowest BCUT2D eigenvalue weighted by molar-refractivity contribution is -0.130. The zero-order chi connectivity index (χ0) is 20.1. The number of aromatic nitrogens is 2. The van der Waals surface area contributed by atoms with Crippen molar-refractivity contribution in [1.82, 2.24) is 29.8 Å². The molecule has 0 spiro atoms. The standard InChI is InChI=1S/C18H30N8O2/c1-15(27)24-8-6-23(7-9-24)5-4-20-18(19-2)25-10-11-26(17(28)14-25)16-12-21-22(3)13-16/h12-13H,4-11,14H2,1-3H3,(H,19,20). The summed E-state index contributed by atoms with van der Waals surface area (Å²) >= 11 is 0. The number of nitrogens with zero attached hydrogens (tertiary/aromatic N) is 7. The molecule has 0 saturated carbocycles. The van der Waals surface area contributed by atoms with Crippen LogP contribution in [0.3, 0.4) is 0 Å². The van der Waals surface area contributed by atoms with Gasteiger partial charge >= 0.3 is 0 Å². The maximum atomic E-state index is 12.6. The highest BCUT2D eigenvalue weighted by molar-refractivity contribution is 5.98. The molecule has 1 N–H and O–H groups in total. The van der Waals surface area contributed by atoms with Crippen LogP contribution < -0.4 is 10.2 Å². The molecule has 0 aromatic carbocycles. The number of hydrogen-bond acceptors (Lipinski definition) is 5. The van der Waals surface area contributed by atoms with E-state index in [0.717, 1.165) is 57.5 Å². The van der Waals surface area contributed by atoms with Gasteiger partial charge in [-0.2, -0.15) is 5.10 Å². The molecule has 154 valence electrons. The monoisotopic (exact) mass is 390 g/mol. The van der Waals surface area contributed by atoms with Crippen LogP contribution in [-0.4, -0.2) is 108 Å². The van der Waals surface area contributed by atoms with Crippen molar-refractivity contribution in [1.29, 1.82) is 0 Å². The zero-order valence-corrected chi connectivity index (χ0v) is 17.0. The van der Waals surface area contributed by atoms with Gasteiger partial charge < -0.3 is 20.0 Å². The van der Waals surface area contributed by atoms with Crippen molar-refractivity contribution in [2.75, 3.05) is 70.9 Å². The van der Waals surface area contributed by atoms with Gasteiger partial charge in [-0.05, 0) is 0 Å². The molecule has 3 rings (SSSR count). The third-order valence-corrected chi connectivity index (χ3v) is 5.26. The van der Waals surface area contributed by atoms with E-state index < -0.39 is 0 Å². The summed E-state index contributed by atoms with van der Waals surface area (Å²) in [5.74, 6) is 0.942. The number of hydrogen-bond donors (Lipinski definition) is 1. The second-order valence-corrected chi connectivity index (χ2v) is 7.16. The largest absolute Gasteiger partial charge is 0.355 e. The first kappa shape index (κ1) is 20.1. The van der Waals surface area contributed by atoms with E-state index in [1.165, 1.54) is 0 Å². The van der Waals surface area contributed by atoms with Crippen LogP contribution in [0.25, 0.3) is 0 Å². The van der Waals surface area contributed by atoms with Gasteiger partial charge in [0.05, 0.1) is 11.9 Å². The molecule has 0 aliphatic carbocycles. The topological polar surface area (TPSA) is 89.3 Å². The molecule has 0 bridgehead atoms. The molecule has 2 saturated heterocycles. The van der Waals surface area contributed by atoms with Crippen molar-refractivity contribution in [2.24, 2.45) is 12.0 Å². The molecule has 28 heavy (non-hydrogen) atoms. The van der Waals surface area contributed by atoms with Crippen molar-refractivity contribution in [3.05, 3.63) is 12.4 Å². The van der Waals surface area contributed by atoms with Gasteiger partial charge in [0.25, 0.3) is 0 Å². The van der Waals surface area contributed by atoms with Gasteiger partial charge in [-0.15, -0.1) is 0 Å². The fourth-order valence-corrected chi connectivity index (χ4v) is 3.62. The second-order valence-electron chi connectivity index (χ2n) is 7.16. The Bertz CT molecular complexity index is 723. The molecular formula is C18H30N8O2. The Labute approximate surface area is 165 Å². The number of amides is 2. The predicted octanol–water partition coefficient (Wildman–Crippen LogP) is -1.19. The smallest absolute Gasteiger partial charge is 0.246 e. The Morgan fingerprint density at radius 1 is 1.18 bits per heavy atom. The number of carbonyl (C=O) groups is 2. The summed E-state index contributed by atoms with van der Waals surface area (Å²) in [7, 11) is 3.59. The zero-order valence-electron chi connectivity index (χ0n) is 17.0. The highest BCUT2D eigenvalue weighted by atomic mass is 16.2. The first-order chi connectivity index (χ1) is 13.5. The molecule has 10 nitrogen and oxygen atoms in total. The van der Waals surface area contributed by atoms with Gasteiger partial charge in [0, 0.05) is 79.6 Å². The van der Waals surface area contributed by atoms with Gasteiger partial charge in [0.2, 0.25) is 11.8 Å². The summed E-state index contributed by atoms with van der Waals surface area (Å²) in [5.41, 5.74) is 0.833. The summed E-state index contributed by atoms with van der Waals surface area (Å²) in [6, 6.07) is 0. The Balaban J connectivity index is 1.43. The number of carbonyl (C=O) groups excluding carboxylic acids is 2. The van der Waals surface area contributed by atoms with Gasteiger partial charge in [0.1, 0.15) is 6.54 Å². The van der Waals surface area contributed by atoms with E-state index in [1.54, 1.807) is 29.7 Å². The van der Waals surface area contributed by atoms with E-state index in [0.29, 0.717) is 13.1 Å². The minimum absolute atomic E-state index is 0.0440. The van der Waals surface area contributed by atoms with Crippen LogP contribution in [0.1, 0.15) is 6.92 Å². The van der Waals surface area contributed by atoms with Crippen LogP contribution in [-0.2, 0) is 16.6 Å². The number of piperazine rings is 2. The molecule has 3 heterocycles. The van der Waals surface area contributed by atoms with Crippen molar-refractivity contribution >= 4 is 23.5 Å². The molecule has 1 aromatic heterocycles. The number of anilines is 1. The molecule has 10 heteroatoms. The SMILES string of the molecule is CN=C(NCCN1CCN(C(C)=O)CC1)N1CCN(c2cnn(C)c2)C(=O)C1. The molecule has 0 unspecified atom stereocenters. The Morgan fingerprint density at radius 3 is 2.46 bits per heavy atom. The van der Waals surface area contributed by atoms with Gasteiger partial charge in [-0.1, -0.05) is 0 Å². The Hall–Kier alpha value is -2.62. The first-order valence-corrected chi connectivity index (χ1v) is 9.70. The van der Waals surface area contributed by atoms with Crippen LogP contribution in [0.2, 0.25) is 0 Å². The van der Waals surface area contributed by atoms with Crippen LogP contribution in [0.15, 0.2) is 17.4 Å². The lowest BCUT2D eigenvalue weighted by Gasteiger charge is -2.36. The predicted molar refractivity (Wildman–Crippen MR) is 107 cm³/mol. The quantitative estimate of drug-likeness (QED) is 0.514. The lowest BCUT2D eigenvalue weighted by atomic mass is 10.3. The average Bonchev–Trinajstić information content (AvgIpc) is 3.11. The summed E-state index contributed by atoms with van der Waals surface area (Å²) < 4.78 is 1.70. The van der Waals surface area contributed by atoms with Gasteiger partial charge in [-0.25, -0.2) is 0 Å². The number of guanidine groups is 1. The van der Waals surface area contributed by atoms with E-state index in [4.69, 9.17) is 0 Å². The lowest BCUT2D eigenvalue weighted by Crippen LogP contribution is -2.56. The van der Waals surface area contributed by atoms with Crippen LogP contribution >= 0.6 is 0 Å². The minimum Gasteiger partial charge on any atom is -0.355 e. The van der Waals surface area contributed by atoms with E-state index >= 15 is 0 Å². The van der Waals surface area contributed by atoms with Crippen molar-refractivity contribution in [2.45, 2.75) is 6.92 Å². The Kier molecular flexibility index (Phi) is 6.50. The first-order valence-electron chi connectivity index (χ1n) is 9.70. The molecule has 0 radical (unpaired) electrons. The molecular weight excluding hydrogens is 360 g/mol. The normalized spacial score (nSPS) is 19.3.